The van der Waals surface area contributed by atoms with Crippen molar-refractivity contribution in [2.75, 3.05) is 19.0 Å². The average Bonchev–Trinajstić information content (AvgIpc) is 3.33. The molecule has 11 nitrogen and oxygen atoms in total. The number of carbonyl (C=O) groups excluding carboxylic acids is 3. The number of pyridine rings is 1. The molecule has 0 bridgehead atoms. The first-order valence-corrected chi connectivity index (χ1v) is 18.7. The van der Waals surface area contributed by atoms with Gasteiger partial charge in [-0.3, -0.25) is 10.1 Å². The lowest BCUT2D eigenvalue weighted by Gasteiger charge is -2.42. The van der Waals surface area contributed by atoms with Crippen molar-refractivity contribution in [2.45, 2.75) is 117 Å². The van der Waals surface area contributed by atoms with Crippen LogP contribution in [0.3, 0.4) is 0 Å². The number of nitrogens with zero attached hydrogens (tertiary/aromatic N) is 3. The number of hydrogen-bond acceptors (Lipinski definition) is 8. The highest BCUT2D eigenvalue weighted by Gasteiger charge is 2.45. The summed E-state index contributed by atoms with van der Waals surface area (Å²) in [5.41, 5.74) is 3.64. The third-order valence-corrected chi connectivity index (χ3v) is 14.4. The number of aryl methyl sites for hydroxylation is 1. The molecule has 0 atom stereocenters. The smallest absolute Gasteiger partial charge is 0.407 e. The highest BCUT2D eigenvalue weighted by Crippen LogP contribution is 2.42. The molecule has 0 aliphatic carbocycles. The zero-order valence-electron chi connectivity index (χ0n) is 29.7. The predicted molar refractivity (Wildman–Crippen MR) is 187 cm³/mol. The van der Waals surface area contributed by atoms with E-state index in [-0.39, 0.29) is 11.4 Å². The Balaban J connectivity index is 1.83. The maximum absolute atomic E-state index is 13.3. The number of anilines is 1. The molecule has 0 aliphatic rings. The van der Waals surface area contributed by atoms with E-state index in [1.807, 2.05) is 37.5 Å². The number of methoxy groups -OCH3 is 1. The number of unbranched alkanes of at least 4 members (excludes halogenated alkanes) is 2. The first-order valence-electron chi connectivity index (χ1n) is 16.6. The van der Waals surface area contributed by atoms with Crippen molar-refractivity contribution in [3.63, 3.8) is 0 Å². The fraction of sp³-hybridized carbons (Fsp3) is 0.571. The predicted octanol–water partition coefficient (Wildman–Crippen LogP) is 7.86. The normalized spacial score (nSPS) is 12.2. The molecule has 0 spiro atoms. The van der Waals surface area contributed by atoms with Gasteiger partial charge in [-0.25, -0.2) is 19.6 Å². The molecule has 2 heterocycles. The largest absolute Gasteiger partial charge is 0.464 e. The van der Waals surface area contributed by atoms with E-state index in [0.29, 0.717) is 42.3 Å². The highest BCUT2D eigenvalue weighted by atomic mass is 28.4. The van der Waals surface area contributed by atoms with Gasteiger partial charge in [0.05, 0.1) is 24.8 Å². The number of benzene rings is 1. The van der Waals surface area contributed by atoms with Gasteiger partial charge in [-0.05, 0) is 86.5 Å². The molecule has 258 valence electrons. The van der Waals surface area contributed by atoms with Crippen molar-refractivity contribution in [1.29, 1.82) is 0 Å². The first kappa shape index (κ1) is 37.7. The lowest BCUT2D eigenvalue weighted by molar-refractivity contribution is 0.0525. The first-order chi connectivity index (χ1) is 22.1. The van der Waals surface area contributed by atoms with E-state index in [0.717, 1.165) is 35.9 Å². The van der Waals surface area contributed by atoms with Crippen LogP contribution in [0, 0.1) is 0 Å². The minimum atomic E-state index is -2.06. The molecule has 0 saturated heterocycles. The third kappa shape index (κ3) is 9.86. The Morgan fingerprint density at radius 1 is 0.894 bits per heavy atom. The lowest BCUT2D eigenvalue weighted by atomic mass is 10.2. The molecule has 47 heavy (non-hydrogen) atoms. The number of aromatic nitrogens is 3. The van der Waals surface area contributed by atoms with Gasteiger partial charge in [0.1, 0.15) is 17.0 Å². The SMILES string of the molecule is COC(=O)c1cccc(C(=O)Nc2nc3cc(CO[Si](C(C)C)(C(C)C)C(C)C)ccc3n2CCCCCNC(=O)OC(C)(C)C)n1. The topological polar surface area (TPSA) is 134 Å². The number of ether oxygens (including phenoxy) is 2. The molecule has 0 radical (unpaired) electrons. The number of hydrogen-bond donors (Lipinski definition) is 2. The molecule has 3 aromatic rings. The molecule has 2 N–H and O–H groups in total. The van der Waals surface area contributed by atoms with Crippen LogP contribution in [0.25, 0.3) is 11.0 Å². The van der Waals surface area contributed by atoms with Gasteiger partial charge in [0.2, 0.25) is 14.3 Å². The van der Waals surface area contributed by atoms with Crippen LogP contribution in [0.2, 0.25) is 16.6 Å². The zero-order valence-corrected chi connectivity index (χ0v) is 30.7. The van der Waals surface area contributed by atoms with Gasteiger partial charge in [0, 0.05) is 13.1 Å². The van der Waals surface area contributed by atoms with Gasteiger partial charge in [-0.2, -0.15) is 0 Å². The Hall–Kier alpha value is -3.77. The molecule has 1 aromatic carbocycles. The van der Waals surface area contributed by atoms with E-state index in [1.54, 1.807) is 6.07 Å². The van der Waals surface area contributed by atoms with E-state index < -0.39 is 31.9 Å². The molecule has 0 aliphatic heterocycles. The monoisotopic (exact) mass is 667 g/mol. The van der Waals surface area contributed by atoms with E-state index >= 15 is 0 Å². The van der Waals surface area contributed by atoms with Crippen molar-refractivity contribution in [1.82, 2.24) is 19.9 Å². The quantitative estimate of drug-likeness (QED) is 0.0951. The maximum atomic E-state index is 13.3. The van der Waals surface area contributed by atoms with Gasteiger partial charge in [0.25, 0.3) is 5.91 Å². The summed E-state index contributed by atoms with van der Waals surface area (Å²) in [5, 5.41) is 5.71. The number of carbonyl (C=O) groups is 3. The van der Waals surface area contributed by atoms with Crippen LogP contribution in [0.5, 0.6) is 0 Å². The molecule has 0 unspecified atom stereocenters. The Labute approximate surface area is 280 Å². The second-order valence-electron chi connectivity index (χ2n) is 13.9. The number of rotatable bonds is 15. The Morgan fingerprint density at radius 3 is 2.17 bits per heavy atom. The highest BCUT2D eigenvalue weighted by molar-refractivity contribution is 6.77. The minimum Gasteiger partial charge on any atom is -0.464 e. The number of esters is 1. The number of fused-ring (bicyclic) bond motifs is 1. The summed E-state index contributed by atoms with van der Waals surface area (Å²) in [7, 11) is -0.796. The van der Waals surface area contributed by atoms with E-state index in [4.69, 9.17) is 18.9 Å². The van der Waals surface area contributed by atoms with Crippen LogP contribution in [0.4, 0.5) is 10.7 Å². The molecule has 3 rings (SSSR count). The summed E-state index contributed by atoms with van der Waals surface area (Å²) in [6.45, 7) is 20.7. The Bertz CT molecular complexity index is 1510. The summed E-state index contributed by atoms with van der Waals surface area (Å²) >= 11 is 0. The van der Waals surface area contributed by atoms with Crippen LogP contribution in [-0.4, -0.2) is 60.1 Å². The number of nitrogens with one attached hydrogen (secondary N) is 2. The summed E-state index contributed by atoms with van der Waals surface area (Å²) in [4.78, 5) is 46.3. The van der Waals surface area contributed by atoms with Crippen molar-refractivity contribution in [3.05, 3.63) is 53.3 Å². The average molecular weight is 668 g/mol. The standard InChI is InChI=1S/C35H53N5O6Si/c1-23(2)47(24(3)4,25(5)6)45-22-26-17-18-30-29(21-26)38-33(39-31(41)27-15-14-16-28(37-27)32(42)44-10)40(30)20-13-11-12-19-36-34(43)46-35(7,8)9/h14-18,21,23-25H,11-13,19-20,22H2,1-10H3,(H,36,43)(H,38,39,41). The molecular formula is C35H53N5O6Si. The molecule has 2 aromatic heterocycles. The number of imidazole rings is 1. The molecular weight excluding hydrogens is 615 g/mol. The van der Waals surface area contributed by atoms with Crippen LogP contribution < -0.4 is 10.6 Å². The second-order valence-corrected chi connectivity index (χ2v) is 19.3. The van der Waals surface area contributed by atoms with Crippen molar-refractivity contribution in [2.24, 2.45) is 0 Å². The maximum Gasteiger partial charge on any atom is 0.407 e. The van der Waals surface area contributed by atoms with E-state index in [9.17, 15) is 14.4 Å². The summed E-state index contributed by atoms with van der Waals surface area (Å²) in [6, 6.07) is 10.7. The Kier molecular flexibility index (Phi) is 13.1. The zero-order chi connectivity index (χ0) is 34.9. The summed E-state index contributed by atoms with van der Waals surface area (Å²) in [6.07, 6.45) is 1.97. The van der Waals surface area contributed by atoms with Gasteiger partial charge in [-0.1, -0.05) is 53.7 Å². The van der Waals surface area contributed by atoms with E-state index in [1.165, 1.54) is 19.2 Å². The van der Waals surface area contributed by atoms with Gasteiger partial charge < -0.3 is 23.8 Å². The number of amides is 2. The molecule has 0 saturated carbocycles. The second kappa shape index (κ2) is 16.4. The number of alkyl carbamates (subject to hydrolysis) is 1. The molecule has 12 heteroatoms. The Morgan fingerprint density at radius 2 is 1.55 bits per heavy atom. The van der Waals surface area contributed by atoms with E-state index in [2.05, 4.69) is 63.2 Å². The van der Waals surface area contributed by atoms with Crippen LogP contribution >= 0.6 is 0 Å². The third-order valence-electron chi connectivity index (χ3n) is 8.34. The lowest BCUT2D eigenvalue weighted by Crippen LogP contribution is -2.47. The van der Waals surface area contributed by atoms with Crippen molar-refractivity contribution in [3.8, 4) is 0 Å². The van der Waals surface area contributed by atoms with Crippen LogP contribution in [0.1, 0.15) is 108 Å². The van der Waals surface area contributed by atoms with Crippen molar-refractivity contribution >= 4 is 43.3 Å². The summed E-state index contributed by atoms with van der Waals surface area (Å²) < 4.78 is 18.9. The van der Waals surface area contributed by atoms with Crippen LogP contribution in [0.15, 0.2) is 36.4 Å². The van der Waals surface area contributed by atoms with Crippen molar-refractivity contribution < 1.29 is 28.3 Å². The fourth-order valence-corrected chi connectivity index (χ4v) is 11.7. The minimum absolute atomic E-state index is 0.0436. The van der Waals surface area contributed by atoms with Gasteiger partial charge in [-0.15, -0.1) is 0 Å². The van der Waals surface area contributed by atoms with Gasteiger partial charge >= 0.3 is 12.1 Å². The van der Waals surface area contributed by atoms with Crippen LogP contribution in [-0.2, 0) is 27.1 Å². The molecule has 0 fully saturated rings. The molecule has 2 amide bonds. The fourth-order valence-electron chi connectivity index (χ4n) is 6.32. The van der Waals surface area contributed by atoms with Gasteiger partial charge in [0.15, 0.2) is 0 Å². The summed E-state index contributed by atoms with van der Waals surface area (Å²) in [5.74, 6) is -0.725.